The molecule has 2 aromatic rings. The van der Waals surface area contributed by atoms with Crippen molar-refractivity contribution >= 4 is 45.6 Å². The molecular weight excluding hydrogens is 565 g/mol. The third kappa shape index (κ3) is 4.59. The zero-order chi connectivity index (χ0) is 20.6. The van der Waals surface area contributed by atoms with Crippen molar-refractivity contribution in [3.05, 3.63) is 61.1 Å². The van der Waals surface area contributed by atoms with E-state index in [2.05, 4.69) is 45.5 Å². The fourth-order valence-corrected chi connectivity index (χ4v) is 10.4. The molecule has 2 heterocycles. The molecule has 0 amide bonds. The number of rotatable bonds is 6. The Kier molecular flexibility index (Phi) is 6.70. The number of alkyl halides is 2. The Hall–Kier alpha value is -0.480. The van der Waals surface area contributed by atoms with E-state index in [0.717, 1.165) is 34.1 Å². The van der Waals surface area contributed by atoms with Gasteiger partial charge in [-0.05, 0) is 0 Å². The summed E-state index contributed by atoms with van der Waals surface area (Å²) < 4.78 is 37.2. The van der Waals surface area contributed by atoms with Crippen LogP contribution in [0.4, 0.5) is 0 Å². The van der Waals surface area contributed by atoms with E-state index in [4.69, 9.17) is 4.74 Å². The molecule has 0 radical (unpaired) electrons. The molecule has 7 heteroatoms. The van der Waals surface area contributed by atoms with Crippen LogP contribution in [0, 0.1) is 3.57 Å². The van der Waals surface area contributed by atoms with E-state index in [-0.39, 0.29) is 6.04 Å². The number of hydrogen-bond donors (Lipinski definition) is 1. The first-order valence-corrected chi connectivity index (χ1v) is 16.4. The molecule has 1 saturated heterocycles. The van der Waals surface area contributed by atoms with Crippen LogP contribution in [0.15, 0.2) is 45.8 Å². The van der Waals surface area contributed by atoms with Crippen LogP contribution in [-0.4, -0.2) is 42.8 Å². The molecule has 1 N–H and O–H groups in total. The molecule has 4 nitrogen and oxygen atoms in total. The summed E-state index contributed by atoms with van der Waals surface area (Å²) in [5, 5.41) is 3.19. The topological polar surface area (TPSA) is 55.4 Å². The van der Waals surface area contributed by atoms with Crippen LogP contribution >= 0.6 is 35.7 Å². The second kappa shape index (κ2) is 8.94. The number of halogens is 2. The molecule has 2 unspecified atom stereocenters. The van der Waals surface area contributed by atoms with Gasteiger partial charge >= 0.3 is 190 Å². The summed E-state index contributed by atoms with van der Waals surface area (Å²) in [5.41, 5.74) is 3.15. The average molecular weight is 592 g/mol. The molecule has 2 aliphatic rings. The number of methoxy groups -OCH3 is 1. The van der Waals surface area contributed by atoms with Crippen LogP contribution in [-0.2, 0) is 21.0 Å². The van der Waals surface area contributed by atoms with Crippen LogP contribution in [0.3, 0.4) is 0 Å². The molecule has 1 fully saturated rings. The van der Waals surface area contributed by atoms with E-state index in [0.29, 0.717) is 17.9 Å². The van der Waals surface area contributed by atoms with Crippen molar-refractivity contribution < 1.29 is 13.2 Å². The zero-order valence-corrected chi connectivity index (χ0v) is 21.3. The minimum absolute atomic E-state index is 0.145. The number of hydrogen-bond acceptors (Lipinski definition) is 4. The Bertz CT molecular complexity index is 1010. The van der Waals surface area contributed by atoms with Crippen LogP contribution in [0.1, 0.15) is 36.1 Å². The van der Waals surface area contributed by atoms with E-state index < -0.39 is 34.9 Å². The first-order valence-electron chi connectivity index (χ1n) is 9.92. The first-order chi connectivity index (χ1) is 13.9. The monoisotopic (exact) mass is 591 g/mol. The van der Waals surface area contributed by atoms with E-state index in [1.165, 1.54) is 12.4 Å². The fourth-order valence-electron chi connectivity index (χ4n) is 3.92. The van der Waals surface area contributed by atoms with Gasteiger partial charge in [0.1, 0.15) is 0 Å². The predicted molar refractivity (Wildman–Crippen MR) is 130 cm³/mol. The van der Waals surface area contributed by atoms with Gasteiger partial charge in [0.15, 0.2) is 0 Å². The van der Waals surface area contributed by atoms with Gasteiger partial charge in [0.25, 0.3) is 0 Å². The molecule has 2 aromatic carbocycles. The van der Waals surface area contributed by atoms with Gasteiger partial charge in [0, 0.05) is 0 Å². The Morgan fingerprint density at radius 2 is 1.97 bits per heavy atom. The molecule has 158 valence electrons. The molecule has 0 bridgehead atoms. The van der Waals surface area contributed by atoms with Crippen molar-refractivity contribution in [3.63, 3.8) is 0 Å². The van der Waals surface area contributed by atoms with Crippen LogP contribution in [0.5, 0.6) is 0 Å². The molecule has 29 heavy (non-hydrogen) atoms. The SMILES string of the molecule is COCCCNC1c2cc(Br)ccc2CC(C)S(=O)(=O)c2cc(I3CC3)ccc21. The van der Waals surface area contributed by atoms with E-state index >= 15 is 0 Å². The normalized spacial score (nSPS) is 23.6. The van der Waals surface area contributed by atoms with Crippen molar-refractivity contribution in [2.24, 2.45) is 0 Å². The predicted octanol–water partition coefficient (Wildman–Crippen LogP) is 4.57. The molecule has 2 atom stereocenters. The summed E-state index contributed by atoms with van der Waals surface area (Å²) >= 11 is 2.57. The summed E-state index contributed by atoms with van der Waals surface area (Å²) in [6, 6.07) is 12.4. The van der Waals surface area contributed by atoms with Gasteiger partial charge in [0.05, 0.1) is 0 Å². The fraction of sp³-hybridized carbons (Fsp3) is 0.455. The van der Waals surface area contributed by atoms with Gasteiger partial charge < -0.3 is 0 Å². The molecule has 0 spiro atoms. The quantitative estimate of drug-likeness (QED) is 0.304. The number of fused-ring (bicyclic) bond motifs is 2. The third-order valence-electron chi connectivity index (χ3n) is 5.61. The summed E-state index contributed by atoms with van der Waals surface area (Å²) in [7, 11) is -1.68. The van der Waals surface area contributed by atoms with Gasteiger partial charge in [-0.25, -0.2) is 0 Å². The second-order valence-electron chi connectivity index (χ2n) is 7.65. The van der Waals surface area contributed by atoms with Crippen molar-refractivity contribution in [3.8, 4) is 0 Å². The summed E-state index contributed by atoms with van der Waals surface area (Å²) in [5.74, 6) is 0. The van der Waals surface area contributed by atoms with E-state index in [9.17, 15) is 8.42 Å². The third-order valence-corrected chi connectivity index (χ3v) is 12.9. The molecule has 0 aliphatic carbocycles. The van der Waals surface area contributed by atoms with Gasteiger partial charge in [-0.3, -0.25) is 0 Å². The van der Waals surface area contributed by atoms with Crippen LogP contribution in [0.25, 0.3) is 0 Å². The molecule has 0 aromatic heterocycles. The Morgan fingerprint density at radius 3 is 2.69 bits per heavy atom. The number of nitrogens with one attached hydrogen (secondary N) is 1. The van der Waals surface area contributed by atoms with Gasteiger partial charge in [0.2, 0.25) is 0 Å². The standard InChI is InChI=1S/C22H27BrINO3S/c1-15-12-16-4-5-17(23)13-20(16)22(25-10-3-11-28-2)19-7-6-18(24-8-9-24)14-21(19)29(15,26)27/h4-7,13-15,22,25H,3,8-12H2,1-2H3. The first kappa shape index (κ1) is 21.7. The maximum absolute atomic E-state index is 13.5. The van der Waals surface area contributed by atoms with Crippen molar-refractivity contribution in [1.29, 1.82) is 0 Å². The number of sulfone groups is 1. The summed E-state index contributed by atoms with van der Waals surface area (Å²) in [4.78, 5) is 0.543. The Balaban J connectivity index is 1.86. The Morgan fingerprint density at radius 1 is 1.17 bits per heavy atom. The maximum atomic E-state index is 13.5. The number of ether oxygens (including phenoxy) is 1. The number of benzene rings is 2. The van der Waals surface area contributed by atoms with E-state index in [1.807, 2.05) is 19.1 Å². The van der Waals surface area contributed by atoms with E-state index in [1.54, 1.807) is 7.11 Å². The summed E-state index contributed by atoms with van der Waals surface area (Å²) in [6.45, 7) is 3.29. The molecular formula is C22H27BrINO3S. The molecule has 2 aliphatic heterocycles. The van der Waals surface area contributed by atoms with Gasteiger partial charge in [-0.1, -0.05) is 0 Å². The zero-order valence-electron chi connectivity index (χ0n) is 16.8. The second-order valence-corrected chi connectivity index (χ2v) is 16.9. The van der Waals surface area contributed by atoms with Crippen LogP contribution in [0.2, 0.25) is 0 Å². The average Bonchev–Trinajstić information content (AvgIpc) is 3.54. The molecule has 0 saturated carbocycles. The van der Waals surface area contributed by atoms with Crippen molar-refractivity contribution in [2.75, 3.05) is 29.1 Å². The van der Waals surface area contributed by atoms with Gasteiger partial charge in [-0.15, -0.1) is 0 Å². The minimum atomic E-state index is -3.38. The van der Waals surface area contributed by atoms with Gasteiger partial charge in [-0.2, -0.15) is 0 Å². The van der Waals surface area contributed by atoms with Crippen LogP contribution < -0.4 is 5.32 Å². The summed E-state index contributed by atoms with van der Waals surface area (Å²) in [6.07, 6.45) is 1.41. The Labute approximate surface area is 189 Å². The van der Waals surface area contributed by atoms with Crippen molar-refractivity contribution in [1.82, 2.24) is 5.32 Å². The van der Waals surface area contributed by atoms with Crippen molar-refractivity contribution in [2.45, 2.75) is 36.0 Å². The molecule has 4 rings (SSSR count).